The van der Waals surface area contributed by atoms with Crippen LogP contribution in [0, 0.1) is 11.8 Å². The third kappa shape index (κ3) is 4.66. The summed E-state index contributed by atoms with van der Waals surface area (Å²) in [6.45, 7) is 1.52. The average Bonchev–Trinajstić information content (AvgIpc) is 2.37. The Balaban J connectivity index is 2.99. The van der Waals surface area contributed by atoms with E-state index in [4.69, 9.17) is 5.11 Å². The Morgan fingerprint density at radius 2 is 1.86 bits per heavy atom. The number of carboxylic acids is 1. The summed E-state index contributed by atoms with van der Waals surface area (Å²) in [5, 5.41) is 8.77. The lowest BCUT2D eigenvalue weighted by Crippen LogP contribution is -2.28. The molecule has 0 unspecified atom stereocenters. The second-order valence-corrected chi connectivity index (χ2v) is 5.63. The number of hydrogen-bond acceptors (Lipinski definition) is 4. The predicted octanol–water partition coefficient (Wildman–Crippen LogP) is 2.50. The van der Waals surface area contributed by atoms with Crippen molar-refractivity contribution in [3.63, 3.8) is 0 Å². The molecule has 0 spiro atoms. The summed E-state index contributed by atoms with van der Waals surface area (Å²) in [5.41, 5.74) is -5.10. The van der Waals surface area contributed by atoms with Gasteiger partial charge >= 0.3 is 21.6 Å². The molecule has 0 heterocycles. The van der Waals surface area contributed by atoms with Crippen LogP contribution in [0.1, 0.15) is 24.8 Å². The molecule has 120 valence electrons. The third-order valence-electron chi connectivity index (χ3n) is 2.47. The molecule has 0 aliphatic carbocycles. The molecule has 1 rings (SSSR count). The second-order valence-electron chi connectivity index (χ2n) is 4.10. The maximum Gasteiger partial charge on any atom is 0.534 e. The number of carboxylic acid groups (broad SMARTS) is 1. The Kier molecular flexibility index (Phi) is 5.43. The van der Waals surface area contributed by atoms with Crippen LogP contribution in [0.4, 0.5) is 13.2 Å². The normalized spacial score (nSPS) is 12.9. The van der Waals surface area contributed by atoms with Gasteiger partial charge in [-0.2, -0.15) is 21.6 Å². The molecular weight excluding hydrogens is 325 g/mol. The third-order valence-corrected chi connectivity index (χ3v) is 3.45. The summed E-state index contributed by atoms with van der Waals surface area (Å²) < 4.78 is 62.1. The van der Waals surface area contributed by atoms with E-state index >= 15 is 0 Å². The minimum absolute atomic E-state index is 0.290. The predicted molar refractivity (Wildman–Crippen MR) is 70.5 cm³/mol. The van der Waals surface area contributed by atoms with E-state index in [0.29, 0.717) is 5.56 Å². The van der Waals surface area contributed by atoms with E-state index in [0.717, 1.165) is 12.1 Å². The first kappa shape index (κ1) is 17.8. The number of alkyl halides is 3. The average molecular weight is 336 g/mol. The van der Waals surface area contributed by atoms with Crippen LogP contribution in [0.5, 0.6) is 5.75 Å². The number of halogens is 3. The zero-order chi connectivity index (χ0) is 17.0. The molecule has 1 N–H and O–H groups in total. The zero-order valence-corrected chi connectivity index (χ0v) is 12.0. The van der Waals surface area contributed by atoms with Crippen LogP contribution in [0.3, 0.4) is 0 Å². The summed E-state index contributed by atoms with van der Waals surface area (Å²) in [6.07, 6.45) is -0.290. The van der Waals surface area contributed by atoms with Crippen molar-refractivity contribution in [1.29, 1.82) is 0 Å². The zero-order valence-electron chi connectivity index (χ0n) is 11.2. The Bertz CT molecular complexity index is 696. The molecule has 0 aromatic heterocycles. The van der Waals surface area contributed by atoms with Gasteiger partial charge in [0.1, 0.15) is 5.75 Å². The van der Waals surface area contributed by atoms with E-state index in [1.807, 2.05) is 0 Å². The van der Waals surface area contributed by atoms with Crippen molar-refractivity contribution >= 4 is 16.1 Å². The highest BCUT2D eigenvalue weighted by molar-refractivity contribution is 7.87. The molecule has 0 aliphatic heterocycles. The van der Waals surface area contributed by atoms with Crippen molar-refractivity contribution in [3.8, 4) is 17.6 Å². The highest BCUT2D eigenvalue weighted by atomic mass is 32.2. The molecule has 22 heavy (non-hydrogen) atoms. The molecule has 0 fully saturated rings. The van der Waals surface area contributed by atoms with Gasteiger partial charge in [-0.05, 0) is 24.6 Å². The van der Waals surface area contributed by atoms with Gasteiger partial charge in [-0.1, -0.05) is 18.1 Å². The van der Waals surface area contributed by atoms with Gasteiger partial charge < -0.3 is 9.29 Å². The molecule has 0 amide bonds. The number of rotatable bonds is 5. The van der Waals surface area contributed by atoms with Gasteiger partial charge in [-0.3, -0.25) is 4.79 Å². The van der Waals surface area contributed by atoms with Crippen molar-refractivity contribution in [2.45, 2.75) is 24.8 Å². The molecule has 1 aromatic rings. The minimum atomic E-state index is -5.74. The number of benzene rings is 1. The maximum absolute atomic E-state index is 12.2. The van der Waals surface area contributed by atoms with Crippen LogP contribution < -0.4 is 4.18 Å². The van der Waals surface area contributed by atoms with Crippen molar-refractivity contribution in [2.24, 2.45) is 0 Å². The van der Waals surface area contributed by atoms with E-state index in [9.17, 15) is 26.4 Å². The van der Waals surface area contributed by atoms with Crippen LogP contribution in [-0.4, -0.2) is 25.0 Å². The van der Waals surface area contributed by atoms with Crippen molar-refractivity contribution in [1.82, 2.24) is 0 Å². The lowest BCUT2D eigenvalue weighted by Gasteiger charge is -2.11. The maximum atomic E-state index is 12.2. The molecule has 0 bridgehead atoms. The van der Waals surface area contributed by atoms with E-state index in [1.165, 1.54) is 19.1 Å². The summed E-state index contributed by atoms with van der Waals surface area (Å²) in [4.78, 5) is 10.7. The number of carbonyl (C=O) groups is 1. The molecule has 0 radical (unpaired) electrons. The SMILES string of the molecule is CC#C[C@@H](CC(=O)O)c1ccc(OS(=O)(=O)C(F)(F)F)cc1. The van der Waals surface area contributed by atoms with Crippen molar-refractivity contribution in [2.75, 3.05) is 0 Å². The number of aliphatic carboxylic acids is 1. The Hall–Kier alpha value is -2.21. The van der Waals surface area contributed by atoms with Crippen LogP contribution in [0.15, 0.2) is 24.3 Å². The van der Waals surface area contributed by atoms with Crippen LogP contribution >= 0.6 is 0 Å². The molecule has 9 heteroatoms. The van der Waals surface area contributed by atoms with Gasteiger partial charge in [0.2, 0.25) is 0 Å². The lowest BCUT2D eigenvalue weighted by atomic mass is 9.96. The van der Waals surface area contributed by atoms with Gasteiger partial charge in [0.05, 0.1) is 12.3 Å². The fourth-order valence-electron chi connectivity index (χ4n) is 1.53. The van der Waals surface area contributed by atoms with Gasteiger partial charge in [0.25, 0.3) is 0 Å². The fraction of sp³-hybridized carbons (Fsp3) is 0.308. The van der Waals surface area contributed by atoms with Gasteiger partial charge in [-0.25, -0.2) is 0 Å². The smallest absolute Gasteiger partial charge is 0.481 e. The minimum Gasteiger partial charge on any atom is -0.481 e. The first-order chi connectivity index (χ1) is 10.1. The number of hydrogen-bond donors (Lipinski definition) is 1. The monoisotopic (exact) mass is 336 g/mol. The largest absolute Gasteiger partial charge is 0.534 e. The van der Waals surface area contributed by atoms with E-state index in [1.54, 1.807) is 0 Å². The highest BCUT2D eigenvalue weighted by Gasteiger charge is 2.48. The van der Waals surface area contributed by atoms with E-state index < -0.39 is 33.3 Å². The quantitative estimate of drug-likeness (QED) is 0.508. The standard InChI is InChI=1S/C13H11F3O5S/c1-2-3-10(8-12(17)18)9-4-6-11(7-5-9)21-22(19,20)13(14,15)16/h4-7,10H,8H2,1H3,(H,17,18)/t10-/m0/s1. The molecule has 0 saturated carbocycles. The van der Waals surface area contributed by atoms with Crippen molar-refractivity contribution in [3.05, 3.63) is 29.8 Å². The Morgan fingerprint density at radius 1 is 1.32 bits per heavy atom. The van der Waals surface area contributed by atoms with Gasteiger partial charge in [0, 0.05) is 0 Å². The van der Waals surface area contributed by atoms with Crippen LogP contribution in [-0.2, 0) is 14.9 Å². The summed E-state index contributed by atoms with van der Waals surface area (Å²) in [6, 6.07) is 4.54. The van der Waals surface area contributed by atoms with E-state index in [-0.39, 0.29) is 6.42 Å². The van der Waals surface area contributed by atoms with Gasteiger partial charge in [0.15, 0.2) is 0 Å². The molecule has 0 saturated heterocycles. The lowest BCUT2D eigenvalue weighted by molar-refractivity contribution is -0.137. The van der Waals surface area contributed by atoms with Gasteiger partial charge in [-0.15, -0.1) is 5.92 Å². The van der Waals surface area contributed by atoms with Crippen molar-refractivity contribution < 1.29 is 35.7 Å². The topological polar surface area (TPSA) is 80.7 Å². The Morgan fingerprint density at radius 3 is 2.27 bits per heavy atom. The first-order valence-corrected chi connectivity index (χ1v) is 7.22. The fourth-order valence-corrected chi connectivity index (χ4v) is 1.99. The highest BCUT2D eigenvalue weighted by Crippen LogP contribution is 2.28. The summed E-state index contributed by atoms with van der Waals surface area (Å²) in [5.74, 6) is 2.93. The molecular formula is C13H11F3O5S. The summed E-state index contributed by atoms with van der Waals surface area (Å²) in [7, 11) is -5.74. The molecule has 1 atom stereocenters. The molecule has 5 nitrogen and oxygen atoms in total. The summed E-state index contributed by atoms with van der Waals surface area (Å²) >= 11 is 0. The van der Waals surface area contributed by atoms with Crippen LogP contribution in [0.2, 0.25) is 0 Å². The Labute approximate surface area is 124 Å². The molecule has 0 aliphatic rings. The van der Waals surface area contributed by atoms with Crippen LogP contribution in [0.25, 0.3) is 0 Å². The molecule has 1 aromatic carbocycles. The van der Waals surface area contributed by atoms with E-state index in [2.05, 4.69) is 16.0 Å². The second kappa shape index (κ2) is 6.70. The first-order valence-electron chi connectivity index (χ1n) is 5.81.